The van der Waals surface area contributed by atoms with Gasteiger partial charge in [0, 0.05) is 6.04 Å². The molecule has 0 aromatic heterocycles. The van der Waals surface area contributed by atoms with Crippen molar-refractivity contribution in [2.75, 3.05) is 19.8 Å². The van der Waals surface area contributed by atoms with E-state index in [0.717, 1.165) is 0 Å². The van der Waals surface area contributed by atoms with Gasteiger partial charge in [0.05, 0.1) is 25.7 Å². The molecule has 2 unspecified atom stereocenters. The number of nitrogens with two attached hydrogens (primary N) is 1. The number of terminal acetylenes is 1. The zero-order valence-electron chi connectivity index (χ0n) is 6.75. The van der Waals surface area contributed by atoms with Crippen molar-refractivity contribution < 1.29 is 9.53 Å². The van der Waals surface area contributed by atoms with Crippen molar-refractivity contribution in [3.63, 3.8) is 0 Å². The van der Waals surface area contributed by atoms with Gasteiger partial charge in [0.1, 0.15) is 0 Å². The largest absolute Gasteiger partial charge is 0.379 e. The van der Waals surface area contributed by atoms with Crippen molar-refractivity contribution in [1.29, 1.82) is 0 Å². The van der Waals surface area contributed by atoms with E-state index in [4.69, 9.17) is 16.9 Å². The number of hydrogen-bond acceptors (Lipinski definition) is 3. The van der Waals surface area contributed by atoms with Gasteiger partial charge in [-0.1, -0.05) is 5.92 Å². The van der Waals surface area contributed by atoms with Crippen molar-refractivity contribution in [2.24, 2.45) is 11.7 Å². The molecule has 0 saturated carbocycles. The first-order valence-electron chi connectivity index (χ1n) is 3.80. The summed E-state index contributed by atoms with van der Waals surface area (Å²) in [7, 11) is 0. The van der Waals surface area contributed by atoms with Crippen molar-refractivity contribution in [1.82, 2.24) is 5.32 Å². The summed E-state index contributed by atoms with van der Waals surface area (Å²) < 4.78 is 5.03. The first kappa shape index (κ1) is 9.04. The Bertz CT molecular complexity index is 210. The first-order valence-corrected chi connectivity index (χ1v) is 3.80. The normalized spacial score (nSPS) is 28.0. The molecule has 0 spiro atoms. The Hall–Kier alpha value is -1.05. The lowest BCUT2D eigenvalue weighted by Crippen LogP contribution is -2.41. The van der Waals surface area contributed by atoms with E-state index < -0.39 is 0 Å². The first-order chi connectivity index (χ1) is 5.75. The standard InChI is InChI=1S/C8H12N2O2/c1-2-3-10-8(11)6-4-12-5-7(6)9/h1,6-7H,3-5,9H2,(H,10,11). The molecule has 12 heavy (non-hydrogen) atoms. The molecule has 4 heteroatoms. The van der Waals surface area contributed by atoms with Crippen LogP contribution in [0.2, 0.25) is 0 Å². The molecule has 1 rings (SSSR count). The summed E-state index contributed by atoms with van der Waals surface area (Å²) in [6, 6.07) is -0.192. The predicted molar refractivity (Wildman–Crippen MR) is 44.1 cm³/mol. The highest BCUT2D eigenvalue weighted by Crippen LogP contribution is 2.10. The van der Waals surface area contributed by atoms with Crippen molar-refractivity contribution >= 4 is 5.91 Å². The molecule has 1 saturated heterocycles. The Labute approximate surface area is 71.5 Å². The van der Waals surface area contributed by atoms with Crippen LogP contribution in [-0.2, 0) is 9.53 Å². The summed E-state index contributed by atoms with van der Waals surface area (Å²) in [6.45, 7) is 1.10. The molecular formula is C8H12N2O2. The Morgan fingerprint density at radius 1 is 1.75 bits per heavy atom. The molecule has 1 heterocycles. The molecule has 66 valence electrons. The van der Waals surface area contributed by atoms with Gasteiger partial charge in [0.2, 0.25) is 5.91 Å². The molecule has 4 nitrogen and oxygen atoms in total. The van der Waals surface area contributed by atoms with E-state index in [2.05, 4.69) is 11.2 Å². The van der Waals surface area contributed by atoms with E-state index >= 15 is 0 Å². The number of carbonyl (C=O) groups is 1. The van der Waals surface area contributed by atoms with Crippen LogP contribution in [0.4, 0.5) is 0 Å². The van der Waals surface area contributed by atoms with Crippen molar-refractivity contribution in [3.05, 3.63) is 0 Å². The van der Waals surface area contributed by atoms with E-state index in [1.165, 1.54) is 0 Å². The van der Waals surface area contributed by atoms with E-state index in [1.54, 1.807) is 0 Å². The molecule has 1 aliphatic rings. The molecule has 1 amide bonds. The summed E-state index contributed by atoms with van der Waals surface area (Å²) >= 11 is 0. The smallest absolute Gasteiger partial charge is 0.227 e. The highest BCUT2D eigenvalue weighted by molar-refractivity contribution is 5.80. The van der Waals surface area contributed by atoms with Crippen LogP contribution in [0.5, 0.6) is 0 Å². The highest BCUT2D eigenvalue weighted by atomic mass is 16.5. The average molecular weight is 168 g/mol. The van der Waals surface area contributed by atoms with E-state index in [0.29, 0.717) is 13.2 Å². The summed E-state index contributed by atoms with van der Waals surface area (Å²) in [5.41, 5.74) is 5.61. The van der Waals surface area contributed by atoms with Crippen LogP contribution in [0.25, 0.3) is 0 Å². The minimum absolute atomic E-state index is 0.113. The zero-order valence-corrected chi connectivity index (χ0v) is 6.75. The van der Waals surface area contributed by atoms with Crippen LogP contribution >= 0.6 is 0 Å². The maximum absolute atomic E-state index is 11.2. The molecule has 2 atom stereocenters. The lowest BCUT2D eigenvalue weighted by atomic mass is 10.0. The molecular weight excluding hydrogens is 156 g/mol. The van der Waals surface area contributed by atoms with Gasteiger partial charge in [-0.3, -0.25) is 4.79 Å². The summed E-state index contributed by atoms with van der Waals surface area (Å²) in [5, 5.41) is 2.57. The number of nitrogens with one attached hydrogen (secondary N) is 1. The van der Waals surface area contributed by atoms with Crippen LogP contribution in [0.1, 0.15) is 0 Å². The zero-order chi connectivity index (χ0) is 8.97. The average Bonchev–Trinajstić information content (AvgIpc) is 2.47. The van der Waals surface area contributed by atoms with Crippen LogP contribution in [0.15, 0.2) is 0 Å². The molecule has 0 aromatic rings. The quantitative estimate of drug-likeness (QED) is 0.504. The third-order valence-corrected chi connectivity index (χ3v) is 1.83. The second-order valence-electron chi connectivity index (χ2n) is 2.73. The van der Waals surface area contributed by atoms with Crippen LogP contribution in [0, 0.1) is 18.3 Å². The van der Waals surface area contributed by atoms with Crippen LogP contribution < -0.4 is 11.1 Å². The molecule has 0 radical (unpaired) electrons. The molecule has 0 bridgehead atoms. The van der Waals surface area contributed by atoms with Crippen molar-refractivity contribution in [2.45, 2.75) is 6.04 Å². The van der Waals surface area contributed by atoms with Gasteiger partial charge >= 0.3 is 0 Å². The van der Waals surface area contributed by atoms with Gasteiger partial charge < -0.3 is 15.8 Å². The summed E-state index contributed by atoms with van der Waals surface area (Å²) in [6.07, 6.45) is 4.98. The van der Waals surface area contributed by atoms with E-state index in [-0.39, 0.29) is 24.4 Å². The summed E-state index contributed by atoms with van der Waals surface area (Å²) in [5.74, 6) is 1.97. The fourth-order valence-electron chi connectivity index (χ4n) is 1.11. The monoisotopic (exact) mass is 168 g/mol. The van der Waals surface area contributed by atoms with Gasteiger partial charge in [-0.05, 0) is 0 Å². The maximum Gasteiger partial charge on any atom is 0.227 e. The number of rotatable bonds is 2. The minimum atomic E-state index is -0.238. The second kappa shape index (κ2) is 4.10. The number of amides is 1. The Morgan fingerprint density at radius 2 is 2.50 bits per heavy atom. The predicted octanol–water partition coefficient (Wildman–Crippen LogP) is -1.29. The third kappa shape index (κ3) is 1.97. The lowest BCUT2D eigenvalue weighted by Gasteiger charge is -2.11. The number of hydrogen-bond donors (Lipinski definition) is 2. The molecule has 0 aliphatic carbocycles. The molecule has 1 aliphatic heterocycles. The van der Waals surface area contributed by atoms with Crippen LogP contribution in [0.3, 0.4) is 0 Å². The fourth-order valence-corrected chi connectivity index (χ4v) is 1.11. The van der Waals surface area contributed by atoms with E-state index in [1.807, 2.05) is 0 Å². The van der Waals surface area contributed by atoms with Gasteiger partial charge in [0.25, 0.3) is 0 Å². The minimum Gasteiger partial charge on any atom is -0.379 e. The molecule has 3 N–H and O–H groups in total. The van der Waals surface area contributed by atoms with Crippen molar-refractivity contribution in [3.8, 4) is 12.3 Å². The lowest BCUT2D eigenvalue weighted by molar-refractivity contribution is -0.124. The third-order valence-electron chi connectivity index (χ3n) is 1.83. The Morgan fingerprint density at radius 3 is 3.00 bits per heavy atom. The Kier molecular flexibility index (Phi) is 3.09. The SMILES string of the molecule is C#CCNC(=O)C1COCC1N. The van der Waals surface area contributed by atoms with Gasteiger partial charge in [0.15, 0.2) is 0 Å². The van der Waals surface area contributed by atoms with Gasteiger partial charge in [-0.15, -0.1) is 6.42 Å². The van der Waals surface area contributed by atoms with E-state index in [9.17, 15) is 4.79 Å². The fraction of sp³-hybridized carbons (Fsp3) is 0.625. The molecule has 0 aromatic carbocycles. The maximum atomic E-state index is 11.2. The summed E-state index contributed by atoms with van der Waals surface area (Å²) in [4.78, 5) is 11.2. The van der Waals surface area contributed by atoms with Gasteiger partial charge in [-0.25, -0.2) is 0 Å². The number of ether oxygens (including phenoxy) is 1. The number of carbonyl (C=O) groups excluding carboxylic acids is 1. The topological polar surface area (TPSA) is 64.3 Å². The second-order valence-corrected chi connectivity index (χ2v) is 2.73. The van der Waals surface area contributed by atoms with Crippen LogP contribution in [-0.4, -0.2) is 31.7 Å². The highest BCUT2D eigenvalue weighted by Gasteiger charge is 2.30. The Balaban J connectivity index is 2.37. The molecule has 1 fully saturated rings. The van der Waals surface area contributed by atoms with Gasteiger partial charge in [-0.2, -0.15) is 0 Å².